The Morgan fingerprint density at radius 1 is 1.42 bits per heavy atom. The number of aromatic nitrogens is 4. The molecule has 24 heavy (non-hydrogen) atoms. The molecule has 126 valence electrons. The minimum Gasteiger partial charge on any atom is -0.493 e. The number of fused-ring (bicyclic) bond motifs is 1. The molecule has 0 amide bonds. The van der Waals surface area contributed by atoms with Crippen LogP contribution in [0.15, 0.2) is 30.0 Å². The molecule has 1 aromatic carbocycles. The maximum atomic E-state index is 11.4. The van der Waals surface area contributed by atoms with Crippen molar-refractivity contribution in [2.45, 2.75) is 26.0 Å². The van der Waals surface area contributed by atoms with Crippen LogP contribution in [-0.2, 0) is 4.79 Å². The number of benzene rings is 1. The van der Waals surface area contributed by atoms with Crippen molar-refractivity contribution in [3.8, 4) is 11.5 Å². The molecule has 2 heterocycles. The minimum atomic E-state index is -1.09. The highest BCUT2D eigenvalue weighted by molar-refractivity contribution is 5.90. The van der Waals surface area contributed by atoms with Crippen LogP contribution in [0.1, 0.15) is 25.5 Å². The summed E-state index contributed by atoms with van der Waals surface area (Å²) in [6.07, 6.45) is 1.45. The third kappa shape index (κ3) is 2.75. The Labute approximate surface area is 137 Å². The molecule has 0 fully saturated rings. The van der Waals surface area contributed by atoms with Crippen LogP contribution >= 0.6 is 0 Å². The summed E-state index contributed by atoms with van der Waals surface area (Å²) in [6.45, 7) is 3.80. The first-order valence-corrected chi connectivity index (χ1v) is 7.34. The highest BCUT2D eigenvalue weighted by atomic mass is 16.5. The van der Waals surface area contributed by atoms with Gasteiger partial charge in [-0.25, -0.2) is 4.79 Å². The van der Waals surface area contributed by atoms with Crippen molar-refractivity contribution in [3.63, 3.8) is 0 Å². The van der Waals surface area contributed by atoms with E-state index in [1.807, 2.05) is 26.0 Å². The van der Waals surface area contributed by atoms with Gasteiger partial charge in [0.1, 0.15) is 11.7 Å². The average Bonchev–Trinajstić information content (AvgIpc) is 3.02. The molecule has 9 heteroatoms. The summed E-state index contributed by atoms with van der Waals surface area (Å²) in [5.74, 6) is 0.241. The number of rotatable bonds is 5. The van der Waals surface area contributed by atoms with Gasteiger partial charge in [-0.1, -0.05) is 17.2 Å². The fraction of sp³-hybridized carbons (Fsp3) is 0.333. The van der Waals surface area contributed by atoms with E-state index in [1.54, 1.807) is 13.2 Å². The first-order chi connectivity index (χ1) is 11.5. The Balaban J connectivity index is 2.16. The predicted octanol–water partition coefficient (Wildman–Crippen LogP) is 1.45. The number of tetrazole rings is 1. The lowest BCUT2D eigenvalue weighted by atomic mass is 10.0. The van der Waals surface area contributed by atoms with E-state index < -0.39 is 12.0 Å². The molecule has 1 aliphatic heterocycles. The first-order valence-electron chi connectivity index (χ1n) is 7.34. The van der Waals surface area contributed by atoms with Crippen LogP contribution in [0.2, 0.25) is 0 Å². The van der Waals surface area contributed by atoms with Crippen molar-refractivity contribution in [1.82, 2.24) is 20.2 Å². The molecule has 0 saturated heterocycles. The number of hydrogen-bond acceptors (Lipinski definition) is 7. The molecule has 9 nitrogen and oxygen atoms in total. The molecular weight excluding hydrogens is 314 g/mol. The van der Waals surface area contributed by atoms with Gasteiger partial charge in [-0.2, -0.15) is 4.68 Å². The number of nitrogens with one attached hydrogen (secondary N) is 1. The zero-order valence-corrected chi connectivity index (χ0v) is 13.4. The average molecular weight is 331 g/mol. The Kier molecular flexibility index (Phi) is 4.07. The summed E-state index contributed by atoms with van der Waals surface area (Å²) < 4.78 is 12.8. The van der Waals surface area contributed by atoms with Crippen LogP contribution in [-0.4, -0.2) is 44.5 Å². The van der Waals surface area contributed by atoms with E-state index in [1.165, 1.54) is 10.8 Å². The van der Waals surface area contributed by atoms with Gasteiger partial charge in [-0.3, -0.25) is 0 Å². The molecule has 0 unspecified atom stereocenters. The van der Waals surface area contributed by atoms with Gasteiger partial charge >= 0.3 is 5.97 Å². The summed E-state index contributed by atoms with van der Waals surface area (Å²) in [7, 11) is 1.55. The van der Waals surface area contributed by atoms with Gasteiger partial charge in [0.05, 0.1) is 13.2 Å². The van der Waals surface area contributed by atoms with Gasteiger partial charge < -0.3 is 19.9 Å². The van der Waals surface area contributed by atoms with Gasteiger partial charge in [0.25, 0.3) is 0 Å². The number of anilines is 1. The van der Waals surface area contributed by atoms with Gasteiger partial charge in [0, 0.05) is 5.56 Å². The molecule has 0 spiro atoms. The van der Waals surface area contributed by atoms with Gasteiger partial charge in [0.2, 0.25) is 5.95 Å². The Hall–Kier alpha value is -3.10. The number of allylic oxidation sites excluding steroid dienone is 1. The zero-order chi connectivity index (χ0) is 17.3. The normalized spacial score (nSPS) is 16.2. The fourth-order valence-corrected chi connectivity index (χ4v) is 2.49. The lowest BCUT2D eigenvalue weighted by Gasteiger charge is -2.25. The molecule has 0 saturated carbocycles. The highest BCUT2D eigenvalue weighted by Crippen LogP contribution is 2.39. The van der Waals surface area contributed by atoms with Crippen molar-refractivity contribution < 1.29 is 19.4 Å². The van der Waals surface area contributed by atoms with Crippen LogP contribution in [0.4, 0.5) is 5.95 Å². The third-order valence-corrected chi connectivity index (χ3v) is 3.46. The van der Waals surface area contributed by atoms with Crippen molar-refractivity contribution in [1.29, 1.82) is 0 Å². The molecule has 2 N–H and O–H groups in total. The SMILES string of the molecule is COc1cccc([C@H]2C=C(C(=O)O)Nc3nnnn32)c1OC(C)C. The first kappa shape index (κ1) is 15.8. The summed E-state index contributed by atoms with van der Waals surface area (Å²) in [6, 6.07) is 4.88. The molecule has 0 radical (unpaired) electrons. The molecule has 0 aliphatic carbocycles. The van der Waals surface area contributed by atoms with Crippen LogP contribution in [0, 0.1) is 0 Å². The molecule has 2 aromatic rings. The number of aliphatic carboxylic acids is 1. The number of carbonyl (C=O) groups is 1. The van der Waals surface area contributed by atoms with Gasteiger partial charge in [0.15, 0.2) is 11.5 Å². The fourth-order valence-electron chi connectivity index (χ4n) is 2.49. The molecular formula is C15H17N5O4. The van der Waals surface area contributed by atoms with E-state index in [-0.39, 0.29) is 17.7 Å². The summed E-state index contributed by atoms with van der Waals surface area (Å²) >= 11 is 0. The Bertz CT molecular complexity index is 799. The molecule has 3 rings (SSSR count). The lowest BCUT2D eigenvalue weighted by Crippen LogP contribution is -2.25. The highest BCUT2D eigenvalue weighted by Gasteiger charge is 2.29. The molecule has 1 atom stereocenters. The second-order valence-corrected chi connectivity index (χ2v) is 5.45. The quantitative estimate of drug-likeness (QED) is 0.847. The van der Waals surface area contributed by atoms with Crippen LogP contribution in [0.5, 0.6) is 11.5 Å². The Morgan fingerprint density at radius 2 is 2.21 bits per heavy atom. The monoisotopic (exact) mass is 331 g/mol. The van der Waals surface area contributed by atoms with E-state index in [0.29, 0.717) is 17.1 Å². The number of nitrogens with zero attached hydrogens (tertiary/aromatic N) is 4. The zero-order valence-electron chi connectivity index (χ0n) is 13.4. The number of methoxy groups -OCH3 is 1. The Morgan fingerprint density at radius 3 is 2.88 bits per heavy atom. The topological polar surface area (TPSA) is 111 Å². The van der Waals surface area contributed by atoms with Crippen molar-refractivity contribution in [3.05, 3.63) is 35.5 Å². The smallest absolute Gasteiger partial charge is 0.352 e. The maximum absolute atomic E-state index is 11.4. The molecule has 1 aromatic heterocycles. The number of hydrogen-bond donors (Lipinski definition) is 2. The number of carboxylic acid groups (broad SMARTS) is 1. The van der Waals surface area contributed by atoms with Crippen LogP contribution in [0.25, 0.3) is 0 Å². The predicted molar refractivity (Wildman–Crippen MR) is 84.1 cm³/mol. The second-order valence-electron chi connectivity index (χ2n) is 5.45. The van der Waals surface area contributed by atoms with Gasteiger partial charge in [-0.05, 0) is 36.4 Å². The minimum absolute atomic E-state index is 0.000571. The summed E-state index contributed by atoms with van der Waals surface area (Å²) in [5, 5.41) is 23.4. The number of para-hydroxylation sites is 1. The van der Waals surface area contributed by atoms with E-state index in [4.69, 9.17) is 9.47 Å². The number of ether oxygens (including phenoxy) is 2. The number of carboxylic acids is 1. The summed E-state index contributed by atoms with van der Waals surface area (Å²) in [4.78, 5) is 11.4. The van der Waals surface area contributed by atoms with Crippen molar-refractivity contribution >= 4 is 11.9 Å². The lowest BCUT2D eigenvalue weighted by molar-refractivity contribution is -0.132. The van der Waals surface area contributed by atoms with Crippen LogP contribution in [0.3, 0.4) is 0 Å². The van der Waals surface area contributed by atoms with E-state index in [0.717, 1.165) is 0 Å². The maximum Gasteiger partial charge on any atom is 0.352 e. The standard InChI is InChI=1S/C15H17N5O4/c1-8(2)24-13-9(5-4-6-12(13)23-3)11-7-10(14(21)22)16-15-17-18-19-20(11)15/h4-8,11H,1-3H3,(H,21,22)(H,16,17,19)/t11-/m1/s1. The van der Waals surface area contributed by atoms with E-state index in [9.17, 15) is 9.90 Å². The summed E-state index contributed by atoms with van der Waals surface area (Å²) in [5.41, 5.74) is 0.706. The third-order valence-electron chi connectivity index (χ3n) is 3.46. The molecule has 1 aliphatic rings. The van der Waals surface area contributed by atoms with E-state index in [2.05, 4.69) is 20.8 Å². The van der Waals surface area contributed by atoms with Gasteiger partial charge in [-0.15, -0.1) is 0 Å². The largest absolute Gasteiger partial charge is 0.493 e. The van der Waals surface area contributed by atoms with Crippen LogP contribution < -0.4 is 14.8 Å². The second kappa shape index (κ2) is 6.19. The van der Waals surface area contributed by atoms with Crippen molar-refractivity contribution in [2.75, 3.05) is 12.4 Å². The van der Waals surface area contributed by atoms with E-state index >= 15 is 0 Å². The molecule has 0 bridgehead atoms. The van der Waals surface area contributed by atoms with Crippen molar-refractivity contribution in [2.24, 2.45) is 0 Å².